The smallest absolute Gasteiger partial charge is 0.309 e. The number of Topliss-reactive ketones (excluding diaryl/α,β-unsaturated/α-hetero) is 1. The number of fused-ring (bicyclic) bond motifs is 1. The largest absolute Gasteiger partial charge is 0.332 e. The summed E-state index contributed by atoms with van der Waals surface area (Å²) in [6.45, 7) is 1.74. The van der Waals surface area contributed by atoms with Crippen molar-refractivity contribution in [1.29, 1.82) is 0 Å². The van der Waals surface area contributed by atoms with Crippen LogP contribution in [0.25, 0.3) is 11.2 Å². The maximum Gasteiger partial charge on any atom is 0.332 e. The zero-order valence-electron chi connectivity index (χ0n) is 14.5. The molecule has 0 saturated heterocycles. The van der Waals surface area contributed by atoms with Gasteiger partial charge in [-0.2, -0.15) is 0 Å². The molecule has 136 valence electrons. The first-order valence-corrected chi connectivity index (χ1v) is 8.81. The van der Waals surface area contributed by atoms with Gasteiger partial charge in [0.2, 0.25) is 0 Å². The lowest BCUT2D eigenvalue weighted by Crippen LogP contribution is -2.37. The number of nitrogens with zero attached hydrogens (tertiary/aromatic N) is 4. The van der Waals surface area contributed by atoms with E-state index in [2.05, 4.69) is 4.98 Å². The molecular formula is C17H17FN4O3S. The summed E-state index contributed by atoms with van der Waals surface area (Å²) in [5.74, 6) is -0.188. The zero-order chi connectivity index (χ0) is 19.0. The molecule has 1 aromatic carbocycles. The van der Waals surface area contributed by atoms with Crippen LogP contribution in [-0.4, -0.2) is 30.2 Å². The van der Waals surface area contributed by atoms with Crippen molar-refractivity contribution in [3.8, 4) is 0 Å². The van der Waals surface area contributed by atoms with Crippen molar-refractivity contribution < 1.29 is 9.18 Å². The van der Waals surface area contributed by atoms with E-state index in [4.69, 9.17) is 0 Å². The minimum absolute atomic E-state index is 0.0304. The zero-order valence-corrected chi connectivity index (χ0v) is 15.3. The van der Waals surface area contributed by atoms with Gasteiger partial charge < -0.3 is 4.57 Å². The van der Waals surface area contributed by atoms with Crippen molar-refractivity contribution in [3.05, 3.63) is 56.5 Å². The molecule has 3 aromatic rings. The van der Waals surface area contributed by atoms with Crippen LogP contribution in [0.2, 0.25) is 0 Å². The molecule has 0 radical (unpaired) electrons. The molecule has 0 spiro atoms. The molecule has 0 amide bonds. The summed E-state index contributed by atoms with van der Waals surface area (Å²) < 4.78 is 17.2. The van der Waals surface area contributed by atoms with Gasteiger partial charge in [-0.3, -0.25) is 18.7 Å². The number of halogens is 1. The van der Waals surface area contributed by atoms with E-state index in [0.29, 0.717) is 5.16 Å². The number of rotatable bonds is 5. The first-order chi connectivity index (χ1) is 12.3. The summed E-state index contributed by atoms with van der Waals surface area (Å²) in [6, 6.07) is 5.91. The third-order valence-electron chi connectivity index (χ3n) is 3.97. The van der Waals surface area contributed by atoms with E-state index in [1.807, 2.05) is 0 Å². The Morgan fingerprint density at radius 3 is 2.42 bits per heavy atom. The molecule has 0 saturated carbocycles. The fraction of sp³-hybridized carbons (Fsp3) is 0.294. The number of carbonyl (C=O) groups excluding carboxylic acids is 1. The molecule has 0 N–H and O–H groups in total. The van der Waals surface area contributed by atoms with Gasteiger partial charge in [-0.25, -0.2) is 14.2 Å². The van der Waals surface area contributed by atoms with Crippen LogP contribution in [0, 0.1) is 5.82 Å². The van der Waals surface area contributed by atoms with Gasteiger partial charge in [0.25, 0.3) is 5.56 Å². The summed E-state index contributed by atoms with van der Waals surface area (Å²) in [4.78, 5) is 40.6. The fourth-order valence-corrected chi connectivity index (χ4v) is 3.42. The number of aromatic nitrogens is 4. The summed E-state index contributed by atoms with van der Waals surface area (Å²) >= 11 is 1.20. The number of hydrogen-bond acceptors (Lipinski definition) is 5. The van der Waals surface area contributed by atoms with Crippen molar-refractivity contribution in [1.82, 2.24) is 18.7 Å². The highest BCUT2D eigenvalue weighted by Crippen LogP contribution is 2.23. The Morgan fingerprint density at radius 1 is 1.15 bits per heavy atom. The van der Waals surface area contributed by atoms with Crippen LogP contribution in [0.4, 0.5) is 4.39 Å². The molecular weight excluding hydrogens is 359 g/mol. The number of ketones is 1. The van der Waals surface area contributed by atoms with E-state index in [0.717, 1.165) is 10.1 Å². The highest BCUT2D eigenvalue weighted by Gasteiger charge is 2.20. The molecule has 2 heterocycles. The lowest BCUT2D eigenvalue weighted by Gasteiger charge is -2.09. The third kappa shape index (κ3) is 3.22. The quantitative estimate of drug-likeness (QED) is 0.627. The minimum atomic E-state index is -0.475. The maximum atomic E-state index is 13.2. The van der Waals surface area contributed by atoms with E-state index in [1.54, 1.807) is 23.7 Å². The van der Waals surface area contributed by atoms with Gasteiger partial charge in [0, 0.05) is 14.1 Å². The third-order valence-corrected chi connectivity index (χ3v) is 5.09. The van der Waals surface area contributed by atoms with E-state index in [9.17, 15) is 18.8 Å². The number of hydrogen-bond donors (Lipinski definition) is 0. The topological polar surface area (TPSA) is 78.9 Å². The molecule has 0 unspecified atom stereocenters. The molecule has 9 heteroatoms. The standard InChI is InChI=1S/C17H17FN4O3S/c1-10(23)9-26-16-19-14-13(15(24)21(3)17(25)20(14)2)22(16)8-11-4-6-12(18)7-5-11/h4-7H,8-9H2,1-3H3. The van der Waals surface area contributed by atoms with Crippen LogP contribution >= 0.6 is 11.8 Å². The Bertz CT molecular complexity index is 1110. The van der Waals surface area contributed by atoms with Crippen LogP contribution < -0.4 is 11.2 Å². The van der Waals surface area contributed by atoms with Crippen LogP contribution in [0.15, 0.2) is 39.0 Å². The molecule has 2 aromatic heterocycles. The Morgan fingerprint density at radius 2 is 1.81 bits per heavy atom. The SMILES string of the molecule is CC(=O)CSc1nc2c(c(=O)n(C)c(=O)n2C)n1Cc1ccc(F)cc1. The van der Waals surface area contributed by atoms with Gasteiger partial charge in [-0.1, -0.05) is 23.9 Å². The van der Waals surface area contributed by atoms with Crippen molar-refractivity contribution in [3.63, 3.8) is 0 Å². The van der Waals surface area contributed by atoms with Crippen LogP contribution in [0.1, 0.15) is 12.5 Å². The lowest BCUT2D eigenvalue weighted by atomic mass is 10.2. The van der Waals surface area contributed by atoms with Gasteiger partial charge in [0.15, 0.2) is 16.3 Å². The Kier molecular flexibility index (Phi) is 4.82. The summed E-state index contributed by atoms with van der Waals surface area (Å²) in [6.07, 6.45) is 0. The van der Waals surface area contributed by atoms with Gasteiger partial charge in [0.1, 0.15) is 11.6 Å². The van der Waals surface area contributed by atoms with Crippen molar-refractivity contribution >= 4 is 28.7 Å². The molecule has 0 fully saturated rings. The van der Waals surface area contributed by atoms with Crippen LogP contribution in [-0.2, 0) is 25.4 Å². The molecule has 0 aliphatic rings. The first kappa shape index (κ1) is 18.1. The van der Waals surface area contributed by atoms with Gasteiger partial charge >= 0.3 is 5.69 Å². The van der Waals surface area contributed by atoms with Crippen molar-refractivity contribution in [2.45, 2.75) is 18.6 Å². The Labute approximate surface area is 152 Å². The second-order valence-corrected chi connectivity index (χ2v) is 6.92. The average Bonchev–Trinajstić information content (AvgIpc) is 2.96. The highest BCUT2D eigenvalue weighted by atomic mass is 32.2. The molecule has 7 nitrogen and oxygen atoms in total. The van der Waals surface area contributed by atoms with Gasteiger partial charge in [0.05, 0.1) is 12.3 Å². The Hall–Kier alpha value is -2.68. The number of imidazole rings is 1. The Balaban J connectivity index is 2.23. The van der Waals surface area contributed by atoms with Gasteiger partial charge in [-0.15, -0.1) is 0 Å². The normalized spacial score (nSPS) is 11.2. The van der Waals surface area contributed by atoms with Gasteiger partial charge in [-0.05, 0) is 24.6 Å². The van der Waals surface area contributed by atoms with Crippen molar-refractivity contribution in [2.75, 3.05) is 5.75 Å². The van der Waals surface area contributed by atoms with Crippen molar-refractivity contribution in [2.24, 2.45) is 14.1 Å². The van der Waals surface area contributed by atoms with Crippen LogP contribution in [0.5, 0.6) is 0 Å². The molecule has 0 bridgehead atoms. The summed E-state index contributed by atoms with van der Waals surface area (Å²) in [5.41, 5.74) is 0.354. The molecule has 0 atom stereocenters. The second kappa shape index (κ2) is 6.91. The van der Waals surface area contributed by atoms with E-state index >= 15 is 0 Å². The fourth-order valence-electron chi connectivity index (χ4n) is 2.62. The van der Waals surface area contributed by atoms with E-state index in [-0.39, 0.29) is 35.1 Å². The highest BCUT2D eigenvalue weighted by molar-refractivity contribution is 7.99. The predicted molar refractivity (Wildman–Crippen MR) is 97.1 cm³/mol. The van der Waals surface area contributed by atoms with E-state index < -0.39 is 11.2 Å². The van der Waals surface area contributed by atoms with E-state index in [1.165, 1.54) is 42.4 Å². The number of carbonyl (C=O) groups is 1. The summed E-state index contributed by atoms with van der Waals surface area (Å²) in [5, 5.41) is 0.456. The minimum Gasteiger partial charge on any atom is -0.309 e. The predicted octanol–water partition coefficient (Wildman–Crippen LogP) is 1.30. The molecule has 3 rings (SSSR count). The average molecular weight is 376 g/mol. The molecule has 0 aliphatic carbocycles. The second-order valence-electron chi connectivity index (χ2n) is 5.98. The maximum absolute atomic E-state index is 13.2. The molecule has 0 aliphatic heterocycles. The number of benzene rings is 1. The summed E-state index contributed by atoms with van der Waals surface area (Å²) in [7, 11) is 2.94. The lowest BCUT2D eigenvalue weighted by molar-refractivity contribution is -0.114. The van der Waals surface area contributed by atoms with Crippen LogP contribution in [0.3, 0.4) is 0 Å². The molecule has 26 heavy (non-hydrogen) atoms. The number of aryl methyl sites for hydroxylation is 1. The first-order valence-electron chi connectivity index (χ1n) is 7.82. The number of thioether (sulfide) groups is 1. The monoisotopic (exact) mass is 376 g/mol.